The van der Waals surface area contributed by atoms with Gasteiger partial charge in [0.2, 0.25) is 5.88 Å². The Hall–Kier alpha value is -1.78. The quantitative estimate of drug-likeness (QED) is 0.872. The molecule has 2 unspecified atom stereocenters. The molecule has 1 aliphatic rings. The number of nitrogens with zero attached hydrogens (tertiary/aromatic N) is 1. The molecule has 1 amide bonds. The summed E-state index contributed by atoms with van der Waals surface area (Å²) in [5, 5.41) is 0. The molecule has 0 aromatic carbocycles. The smallest absolute Gasteiger partial charge is 0.267 e. The Bertz CT molecular complexity index is 466. The molecule has 5 nitrogen and oxygen atoms in total. The summed E-state index contributed by atoms with van der Waals surface area (Å²) < 4.78 is 5.87. The van der Waals surface area contributed by atoms with Crippen molar-refractivity contribution in [2.75, 3.05) is 5.73 Å². The molecule has 2 atom stereocenters. The highest BCUT2D eigenvalue weighted by Gasteiger charge is 2.26. The third-order valence-electron chi connectivity index (χ3n) is 3.56. The second kappa shape index (κ2) is 5.47. The molecule has 0 aliphatic heterocycles. The molecular formula is C14H21N3O2. The maximum atomic E-state index is 11.1. The average molecular weight is 263 g/mol. The molecule has 5 heteroatoms. The molecule has 1 saturated carbocycles. The highest BCUT2D eigenvalue weighted by Crippen LogP contribution is 2.32. The zero-order chi connectivity index (χ0) is 14.0. The Morgan fingerprint density at radius 3 is 2.47 bits per heavy atom. The Balaban J connectivity index is 2.13. The summed E-state index contributed by atoms with van der Waals surface area (Å²) >= 11 is 0. The monoisotopic (exact) mass is 263 g/mol. The highest BCUT2D eigenvalue weighted by atomic mass is 16.5. The molecule has 1 fully saturated rings. The molecule has 4 N–H and O–H groups in total. The van der Waals surface area contributed by atoms with Crippen LogP contribution in [-0.4, -0.2) is 17.0 Å². The van der Waals surface area contributed by atoms with Crippen LogP contribution >= 0.6 is 0 Å². The Morgan fingerprint density at radius 2 is 1.89 bits per heavy atom. The summed E-state index contributed by atoms with van der Waals surface area (Å²) in [5.41, 5.74) is 11.7. The van der Waals surface area contributed by atoms with Crippen LogP contribution < -0.4 is 16.2 Å². The predicted molar refractivity (Wildman–Crippen MR) is 73.8 cm³/mol. The first kappa shape index (κ1) is 13.6. The standard InChI is InChI=1S/C14H21N3O2/c1-8-5-9(2)7-10(6-8)19-14-11(15)3-4-12(17-14)13(16)18/h3-4,8-10H,5-7,15H2,1-2H3,(H2,16,18). The molecule has 2 rings (SSSR count). The van der Waals surface area contributed by atoms with E-state index in [9.17, 15) is 4.79 Å². The van der Waals surface area contributed by atoms with Gasteiger partial charge in [-0.25, -0.2) is 4.98 Å². The van der Waals surface area contributed by atoms with Crippen LogP contribution in [-0.2, 0) is 0 Å². The van der Waals surface area contributed by atoms with Crippen molar-refractivity contribution in [3.05, 3.63) is 17.8 Å². The fourth-order valence-corrected chi connectivity index (χ4v) is 2.81. The lowest BCUT2D eigenvalue weighted by molar-refractivity contribution is 0.0944. The number of carbonyl (C=O) groups is 1. The number of hydrogen-bond acceptors (Lipinski definition) is 4. The molecule has 1 aromatic heterocycles. The lowest BCUT2D eigenvalue weighted by atomic mass is 9.82. The van der Waals surface area contributed by atoms with Gasteiger partial charge in [-0.1, -0.05) is 13.8 Å². The van der Waals surface area contributed by atoms with Crippen LogP contribution in [0, 0.1) is 11.8 Å². The number of rotatable bonds is 3. The van der Waals surface area contributed by atoms with Gasteiger partial charge in [0, 0.05) is 0 Å². The van der Waals surface area contributed by atoms with Crippen molar-refractivity contribution in [2.45, 2.75) is 39.2 Å². The van der Waals surface area contributed by atoms with Gasteiger partial charge in [0.15, 0.2) is 0 Å². The van der Waals surface area contributed by atoms with Crippen molar-refractivity contribution in [1.29, 1.82) is 0 Å². The largest absolute Gasteiger partial charge is 0.473 e. The Morgan fingerprint density at radius 1 is 1.26 bits per heavy atom. The van der Waals surface area contributed by atoms with E-state index in [1.54, 1.807) is 6.07 Å². The zero-order valence-electron chi connectivity index (χ0n) is 11.4. The van der Waals surface area contributed by atoms with E-state index in [0.717, 1.165) is 12.8 Å². The van der Waals surface area contributed by atoms with Crippen LogP contribution in [0.1, 0.15) is 43.6 Å². The van der Waals surface area contributed by atoms with Crippen molar-refractivity contribution >= 4 is 11.6 Å². The van der Waals surface area contributed by atoms with Crippen LogP contribution in [0.4, 0.5) is 5.69 Å². The molecule has 1 aromatic rings. The summed E-state index contributed by atoms with van der Waals surface area (Å²) in [6.45, 7) is 4.45. The second-order valence-electron chi connectivity index (χ2n) is 5.61. The van der Waals surface area contributed by atoms with E-state index in [4.69, 9.17) is 16.2 Å². The Labute approximate surface area is 113 Å². The van der Waals surface area contributed by atoms with Gasteiger partial charge in [-0.05, 0) is 43.2 Å². The van der Waals surface area contributed by atoms with Crippen LogP contribution in [0.2, 0.25) is 0 Å². The molecule has 1 heterocycles. The van der Waals surface area contributed by atoms with Crippen LogP contribution in [0.15, 0.2) is 12.1 Å². The van der Waals surface area contributed by atoms with Crippen LogP contribution in [0.25, 0.3) is 0 Å². The number of carbonyl (C=O) groups excluding carboxylic acids is 1. The van der Waals surface area contributed by atoms with E-state index in [1.165, 1.54) is 12.5 Å². The summed E-state index contributed by atoms with van der Waals surface area (Å²) in [6, 6.07) is 3.12. The SMILES string of the molecule is CC1CC(C)CC(Oc2nc(C(N)=O)ccc2N)C1. The van der Waals surface area contributed by atoms with Crippen molar-refractivity contribution in [2.24, 2.45) is 17.6 Å². The number of nitrogens with two attached hydrogens (primary N) is 2. The van der Waals surface area contributed by atoms with E-state index in [-0.39, 0.29) is 11.8 Å². The Kier molecular flexibility index (Phi) is 3.93. The number of hydrogen-bond donors (Lipinski definition) is 2. The number of amides is 1. The normalized spacial score (nSPS) is 26.9. The number of pyridine rings is 1. The maximum absolute atomic E-state index is 11.1. The predicted octanol–water partition coefficient (Wildman–Crippen LogP) is 1.97. The molecule has 0 spiro atoms. The van der Waals surface area contributed by atoms with E-state index < -0.39 is 5.91 Å². The molecular weight excluding hydrogens is 242 g/mol. The van der Waals surface area contributed by atoms with E-state index in [1.807, 2.05) is 0 Å². The topological polar surface area (TPSA) is 91.2 Å². The number of anilines is 1. The van der Waals surface area contributed by atoms with Gasteiger partial charge in [-0.15, -0.1) is 0 Å². The number of primary amides is 1. The number of aromatic nitrogens is 1. The first-order valence-electron chi connectivity index (χ1n) is 6.68. The lowest BCUT2D eigenvalue weighted by Crippen LogP contribution is -2.29. The minimum Gasteiger partial charge on any atom is -0.473 e. The summed E-state index contributed by atoms with van der Waals surface area (Å²) in [6.07, 6.45) is 3.32. The van der Waals surface area contributed by atoms with Crippen LogP contribution in [0.3, 0.4) is 0 Å². The summed E-state index contributed by atoms with van der Waals surface area (Å²) in [4.78, 5) is 15.2. The van der Waals surface area contributed by atoms with Gasteiger partial charge in [0.05, 0.1) is 5.69 Å². The fraction of sp³-hybridized carbons (Fsp3) is 0.571. The zero-order valence-corrected chi connectivity index (χ0v) is 11.4. The molecule has 0 radical (unpaired) electrons. The third-order valence-corrected chi connectivity index (χ3v) is 3.56. The van der Waals surface area contributed by atoms with Crippen molar-refractivity contribution in [1.82, 2.24) is 4.98 Å². The summed E-state index contributed by atoms with van der Waals surface area (Å²) in [5.74, 6) is 1.02. The van der Waals surface area contributed by atoms with Crippen molar-refractivity contribution in [3.63, 3.8) is 0 Å². The number of ether oxygens (including phenoxy) is 1. The molecule has 104 valence electrons. The van der Waals surface area contributed by atoms with Gasteiger partial charge < -0.3 is 16.2 Å². The van der Waals surface area contributed by atoms with Gasteiger partial charge in [0.1, 0.15) is 11.8 Å². The number of nitrogen functional groups attached to an aromatic ring is 1. The third kappa shape index (κ3) is 3.36. The fourth-order valence-electron chi connectivity index (χ4n) is 2.81. The second-order valence-corrected chi connectivity index (χ2v) is 5.61. The van der Waals surface area contributed by atoms with Gasteiger partial charge >= 0.3 is 0 Å². The lowest BCUT2D eigenvalue weighted by Gasteiger charge is -2.31. The van der Waals surface area contributed by atoms with Gasteiger partial charge in [-0.2, -0.15) is 0 Å². The minimum atomic E-state index is -0.574. The van der Waals surface area contributed by atoms with Gasteiger partial charge in [-0.3, -0.25) is 4.79 Å². The van der Waals surface area contributed by atoms with Gasteiger partial charge in [0.25, 0.3) is 5.91 Å². The van der Waals surface area contributed by atoms with E-state index >= 15 is 0 Å². The average Bonchev–Trinajstić information content (AvgIpc) is 2.30. The van der Waals surface area contributed by atoms with E-state index in [2.05, 4.69) is 18.8 Å². The minimum absolute atomic E-state index is 0.108. The molecule has 0 saturated heterocycles. The first-order valence-corrected chi connectivity index (χ1v) is 6.68. The molecule has 1 aliphatic carbocycles. The summed E-state index contributed by atoms with van der Waals surface area (Å²) in [7, 11) is 0. The van der Waals surface area contributed by atoms with Crippen molar-refractivity contribution < 1.29 is 9.53 Å². The van der Waals surface area contributed by atoms with E-state index in [0.29, 0.717) is 23.4 Å². The highest BCUT2D eigenvalue weighted by molar-refractivity contribution is 5.91. The first-order chi connectivity index (χ1) is 8.95. The maximum Gasteiger partial charge on any atom is 0.267 e. The molecule has 19 heavy (non-hydrogen) atoms. The van der Waals surface area contributed by atoms with Crippen LogP contribution in [0.5, 0.6) is 5.88 Å². The molecule has 0 bridgehead atoms. The van der Waals surface area contributed by atoms with Crippen molar-refractivity contribution in [3.8, 4) is 5.88 Å².